The van der Waals surface area contributed by atoms with Gasteiger partial charge < -0.3 is 10.6 Å². The number of amides is 2. The third-order valence-corrected chi connectivity index (χ3v) is 9.30. The Balaban J connectivity index is -0.000000752. The van der Waals surface area contributed by atoms with Crippen LogP contribution in [-0.4, -0.2) is 42.3 Å². The van der Waals surface area contributed by atoms with E-state index >= 15 is 0 Å². The number of hydrogen-bond donors (Lipinski definition) is 2. The lowest BCUT2D eigenvalue weighted by atomic mass is 9.85. The van der Waals surface area contributed by atoms with E-state index in [0.717, 1.165) is 12.8 Å². The fourth-order valence-electron chi connectivity index (χ4n) is 5.47. The van der Waals surface area contributed by atoms with Crippen molar-refractivity contribution in [2.45, 2.75) is 189 Å². The molecular formula is C91H82N2O5. The molecule has 7 nitrogen and oxygen atoms in total. The summed E-state index contributed by atoms with van der Waals surface area (Å²) in [6.07, 6.45) is 9.80. The van der Waals surface area contributed by atoms with Gasteiger partial charge in [0.1, 0.15) is 17.3 Å². The van der Waals surface area contributed by atoms with Gasteiger partial charge in [0.15, 0.2) is 0 Å². The van der Waals surface area contributed by atoms with Crippen LogP contribution < -0.4 is 10.6 Å². The van der Waals surface area contributed by atoms with E-state index in [1.807, 2.05) is 41.5 Å². The SMILES string of the molecule is C#CC#CC#CC#CC#CC#CC#CC#CC#CC#CC#CC#CC#CC#CC#CC#CC#CC#CC#CC#CC#CC#CC#CC#CC#CC.CC(C)(C)CCC(=O)CC(C)(C)C.CC(C)(C)CNC(=O)CCC(=O)CC(C)(C)C.CC(C)(C)CNC(=O)CCC(=O)CC(C)(C)C. The van der Waals surface area contributed by atoms with Gasteiger partial charge in [0.2, 0.25) is 11.8 Å². The molecule has 486 valence electrons. The summed E-state index contributed by atoms with van der Waals surface area (Å²) in [5, 5.41) is 5.70. The normalized spacial score (nSPS) is 8.06. The first-order valence-corrected chi connectivity index (χ1v) is 30.5. The van der Waals surface area contributed by atoms with E-state index in [2.05, 4.69) is 384 Å². The molecular weight excluding hydrogens is 1200 g/mol. The zero-order valence-corrected chi connectivity index (χ0v) is 60.4. The Labute approximate surface area is 591 Å². The van der Waals surface area contributed by atoms with E-state index in [1.54, 1.807) is 6.92 Å². The maximum atomic E-state index is 11.6. The van der Waals surface area contributed by atoms with Crippen LogP contribution in [0.25, 0.3) is 0 Å². The Morgan fingerprint density at radius 3 is 0.561 bits per heavy atom. The van der Waals surface area contributed by atoms with E-state index in [9.17, 15) is 24.0 Å². The van der Waals surface area contributed by atoms with E-state index in [1.165, 1.54) is 0 Å². The minimum atomic E-state index is -0.0258. The summed E-state index contributed by atoms with van der Waals surface area (Å²) in [6, 6.07) is 0. The predicted octanol–water partition coefficient (Wildman–Crippen LogP) is 10.4. The van der Waals surface area contributed by atoms with Gasteiger partial charge in [-0.25, -0.2) is 0 Å². The predicted molar refractivity (Wildman–Crippen MR) is 400 cm³/mol. The molecule has 0 spiro atoms. The van der Waals surface area contributed by atoms with Gasteiger partial charge in [-0.05, 0) is 141 Å². The smallest absolute Gasteiger partial charge is 0.220 e. The molecule has 0 atom stereocenters. The molecule has 0 radical (unpaired) electrons. The maximum absolute atomic E-state index is 11.6. The highest BCUT2D eigenvalue weighted by Crippen LogP contribution is 2.25. The molecule has 2 N–H and O–H groups in total. The maximum Gasteiger partial charge on any atom is 0.220 e. The number of rotatable bonds is 13. The molecule has 0 unspecified atom stereocenters. The topological polar surface area (TPSA) is 109 Å². The molecule has 0 fully saturated rings. The van der Waals surface area contributed by atoms with Crippen LogP contribution in [-0.2, 0) is 24.0 Å². The van der Waals surface area contributed by atoms with E-state index in [4.69, 9.17) is 6.42 Å². The first-order chi connectivity index (χ1) is 46.0. The second-order valence-corrected chi connectivity index (χ2v) is 26.8. The standard InChI is InChI=1S/C51H4.2C14H27NO2.C12H24O/c1-3-5-7-9-11-13-15-17-19-21-23-25-27-29-31-33-35-37-39-41-43-45-47-49-51-50-48-46-44-42-40-38-36-34-32-30-28-26-24-22-20-18-16-14-12-10-8-6-4-2;2*1-13(2,3)9-11(16)7-8-12(17)15-10-14(4,5)6;1-11(2,3)8-7-10(13)9-12(4,5)6/h1H,2H3;2*7-10H2,1-6H3,(H,15,17);7-9H2,1-6H3. The molecule has 0 aromatic carbocycles. The monoisotopic (exact) mass is 1280 g/mol. The van der Waals surface area contributed by atoms with Crippen molar-refractivity contribution >= 4 is 29.2 Å². The van der Waals surface area contributed by atoms with Gasteiger partial charge in [-0.3, -0.25) is 24.0 Å². The summed E-state index contributed by atoms with van der Waals surface area (Å²) in [7, 11) is 0. The van der Waals surface area contributed by atoms with Crippen molar-refractivity contribution in [1.29, 1.82) is 0 Å². The minimum absolute atomic E-state index is 0.0129. The third-order valence-electron chi connectivity index (χ3n) is 9.30. The lowest BCUT2D eigenvalue weighted by molar-refractivity contribution is -0.126. The molecule has 7 heteroatoms. The van der Waals surface area contributed by atoms with Crippen LogP contribution in [0, 0.1) is 329 Å². The average Bonchev–Trinajstić information content (AvgIpc) is 1.34. The van der Waals surface area contributed by atoms with Crippen molar-refractivity contribution in [3.63, 3.8) is 0 Å². The number of Topliss-reactive ketones (excluding diaryl/α,β-unsaturated/α-hetero) is 3. The molecule has 0 aromatic rings. The van der Waals surface area contributed by atoms with E-state index in [0.29, 0.717) is 63.8 Å². The number of carbonyl (C=O) groups excluding carboxylic acids is 5. The number of carbonyl (C=O) groups is 5. The highest BCUT2D eigenvalue weighted by molar-refractivity contribution is 5.86. The lowest BCUT2D eigenvalue weighted by Gasteiger charge is -2.20. The first kappa shape index (κ1) is 91.4. The summed E-state index contributed by atoms with van der Waals surface area (Å²) in [5.74, 6) is 123. The zero-order valence-electron chi connectivity index (χ0n) is 60.4. The van der Waals surface area contributed by atoms with Crippen LogP contribution in [0.5, 0.6) is 0 Å². The van der Waals surface area contributed by atoms with Crippen molar-refractivity contribution in [2.75, 3.05) is 13.1 Å². The Morgan fingerprint density at radius 2 is 0.408 bits per heavy atom. The van der Waals surface area contributed by atoms with Crippen molar-refractivity contribution in [2.24, 2.45) is 32.5 Å². The highest BCUT2D eigenvalue weighted by atomic mass is 16.2. The summed E-state index contributed by atoms with van der Waals surface area (Å²) < 4.78 is 0. The largest absolute Gasteiger partial charge is 0.356 e. The molecule has 2 amide bonds. The molecule has 0 bridgehead atoms. The molecule has 0 heterocycles. The van der Waals surface area contributed by atoms with E-state index < -0.39 is 0 Å². The number of terminal acetylenes is 1. The quantitative estimate of drug-likeness (QED) is 0.179. The second kappa shape index (κ2) is 57.8. The average molecular weight is 1280 g/mol. The molecule has 0 aliphatic heterocycles. The summed E-state index contributed by atoms with van der Waals surface area (Å²) in [5.41, 5.74) is 0.636. The van der Waals surface area contributed by atoms with Gasteiger partial charge in [0.05, 0.1) is 0 Å². The van der Waals surface area contributed by atoms with Crippen LogP contribution in [0.15, 0.2) is 0 Å². The Hall–Kier alpha value is -13.1. The van der Waals surface area contributed by atoms with Gasteiger partial charge >= 0.3 is 0 Å². The fraction of sp³-hybridized carbons (Fsp3) is 0.396. The van der Waals surface area contributed by atoms with Gasteiger partial charge in [0.25, 0.3) is 0 Å². The van der Waals surface area contributed by atoms with Gasteiger partial charge in [0, 0.05) is 254 Å². The molecule has 0 rings (SSSR count). The van der Waals surface area contributed by atoms with Crippen molar-refractivity contribution in [3.05, 3.63) is 0 Å². The van der Waals surface area contributed by atoms with Crippen LogP contribution in [0.1, 0.15) is 189 Å². The third kappa shape index (κ3) is 91.7. The number of nitrogens with one attached hydrogen (secondary N) is 2. The zero-order chi connectivity index (χ0) is 74.7. The molecule has 0 saturated heterocycles. The number of ketones is 3. The van der Waals surface area contributed by atoms with Crippen LogP contribution in [0.3, 0.4) is 0 Å². The highest BCUT2D eigenvalue weighted by Gasteiger charge is 2.20. The summed E-state index contributed by atoms with van der Waals surface area (Å²) in [4.78, 5) is 57.7. The van der Waals surface area contributed by atoms with E-state index in [-0.39, 0.29) is 55.9 Å². The molecule has 0 aliphatic carbocycles. The lowest BCUT2D eigenvalue weighted by Crippen LogP contribution is -2.32. The Morgan fingerprint density at radius 1 is 0.235 bits per heavy atom. The summed E-state index contributed by atoms with van der Waals surface area (Å²) >= 11 is 0. The fourth-order valence-corrected chi connectivity index (χ4v) is 5.47. The van der Waals surface area contributed by atoms with Gasteiger partial charge in [-0.2, -0.15) is 0 Å². The van der Waals surface area contributed by atoms with Gasteiger partial charge in [-0.1, -0.05) is 131 Å². The molecule has 0 saturated carbocycles. The molecule has 0 aliphatic rings. The Bertz CT molecular complexity index is 4510. The van der Waals surface area contributed by atoms with Crippen LogP contribution in [0.2, 0.25) is 0 Å². The van der Waals surface area contributed by atoms with Crippen LogP contribution >= 0.6 is 0 Å². The summed E-state index contributed by atoms with van der Waals surface area (Å²) in [6.45, 7) is 40.5. The first-order valence-electron chi connectivity index (χ1n) is 30.5. The second-order valence-electron chi connectivity index (χ2n) is 26.8. The minimum Gasteiger partial charge on any atom is -0.356 e. The van der Waals surface area contributed by atoms with Crippen LogP contribution in [0.4, 0.5) is 0 Å². The van der Waals surface area contributed by atoms with Crippen molar-refractivity contribution < 1.29 is 24.0 Å². The molecule has 98 heavy (non-hydrogen) atoms. The Kier molecular flexibility index (Phi) is 53.9. The molecule has 0 aromatic heterocycles. The van der Waals surface area contributed by atoms with Crippen molar-refractivity contribution in [3.8, 4) is 297 Å². The van der Waals surface area contributed by atoms with Crippen molar-refractivity contribution in [1.82, 2.24) is 10.6 Å². The number of hydrogen-bond acceptors (Lipinski definition) is 5. The van der Waals surface area contributed by atoms with Gasteiger partial charge in [-0.15, -0.1) is 6.42 Å².